The minimum absolute atomic E-state index is 0.0485. The Hall–Kier alpha value is -0.230. The van der Waals surface area contributed by atoms with E-state index in [0.717, 1.165) is 0 Å². The molecule has 0 saturated carbocycles. The summed E-state index contributed by atoms with van der Waals surface area (Å²) in [5.41, 5.74) is 0. The maximum absolute atomic E-state index is 11.7. The van der Waals surface area contributed by atoms with E-state index < -0.39 is 20.6 Å². The van der Waals surface area contributed by atoms with E-state index in [4.69, 9.17) is 5.11 Å². The largest absolute Gasteiger partial charge is 0.481 e. The lowest BCUT2D eigenvalue weighted by Crippen LogP contribution is -2.31. The van der Waals surface area contributed by atoms with E-state index in [2.05, 4.69) is 0 Å². The van der Waals surface area contributed by atoms with Crippen molar-refractivity contribution in [2.24, 2.45) is 0 Å². The number of aliphatic carboxylic acids is 1. The number of hydrogen-bond donors (Lipinski definition) is 1. The predicted octanol–water partition coefficient (Wildman–Crippen LogP) is 1.80. The van der Waals surface area contributed by atoms with E-state index in [9.17, 15) is 13.2 Å². The molecule has 0 radical (unpaired) electrons. The molecule has 1 atom stereocenters. The lowest BCUT2D eigenvalue weighted by molar-refractivity contribution is -0.136. The lowest BCUT2D eigenvalue weighted by Gasteiger charge is -2.19. The smallest absolute Gasteiger partial charge is 0.304 e. The lowest BCUT2D eigenvalue weighted by atomic mass is 10.3. The Morgan fingerprint density at radius 3 is 2.25 bits per heavy atom. The van der Waals surface area contributed by atoms with E-state index in [1.165, 1.54) is 11.8 Å². The van der Waals surface area contributed by atoms with Crippen LogP contribution in [0.25, 0.3) is 0 Å². The van der Waals surface area contributed by atoms with Gasteiger partial charge >= 0.3 is 5.97 Å². The van der Waals surface area contributed by atoms with Gasteiger partial charge in [-0.05, 0) is 20.8 Å². The van der Waals surface area contributed by atoms with Gasteiger partial charge in [-0.25, -0.2) is 8.42 Å². The SMILES string of the molecule is CC(CC(=O)O)SCCS(=O)(=O)C(C)(C)C. The van der Waals surface area contributed by atoms with Crippen LogP contribution >= 0.6 is 11.8 Å². The zero-order valence-corrected chi connectivity index (χ0v) is 11.8. The fourth-order valence-electron chi connectivity index (χ4n) is 0.970. The van der Waals surface area contributed by atoms with Crippen LogP contribution in [0.1, 0.15) is 34.1 Å². The summed E-state index contributed by atoms with van der Waals surface area (Å²) < 4.78 is 22.7. The molecule has 1 unspecified atom stereocenters. The molecular weight excluding hydrogens is 248 g/mol. The first kappa shape index (κ1) is 15.8. The van der Waals surface area contributed by atoms with Crippen molar-refractivity contribution >= 4 is 27.6 Å². The fourth-order valence-corrected chi connectivity index (χ4v) is 3.51. The molecule has 0 aliphatic rings. The fraction of sp³-hybridized carbons (Fsp3) is 0.900. The molecule has 0 aliphatic heterocycles. The van der Waals surface area contributed by atoms with Crippen LogP contribution in [-0.2, 0) is 14.6 Å². The number of carboxylic acid groups (broad SMARTS) is 1. The Morgan fingerprint density at radius 2 is 1.88 bits per heavy atom. The molecule has 16 heavy (non-hydrogen) atoms. The van der Waals surface area contributed by atoms with Gasteiger partial charge in [0.1, 0.15) is 0 Å². The molecule has 0 aromatic rings. The van der Waals surface area contributed by atoms with Crippen LogP contribution in [0.3, 0.4) is 0 Å². The van der Waals surface area contributed by atoms with Gasteiger partial charge in [-0.2, -0.15) is 11.8 Å². The minimum atomic E-state index is -3.09. The first-order valence-electron chi connectivity index (χ1n) is 5.12. The molecule has 0 rings (SSSR count). The standard InChI is InChI=1S/C10H20O4S2/c1-8(7-9(11)12)15-5-6-16(13,14)10(2,3)4/h8H,5-7H2,1-4H3,(H,11,12). The number of carbonyl (C=O) groups is 1. The minimum Gasteiger partial charge on any atom is -0.481 e. The molecule has 0 saturated heterocycles. The average Bonchev–Trinajstić information content (AvgIpc) is 1.99. The molecule has 0 heterocycles. The Labute approximate surface area is 102 Å². The van der Waals surface area contributed by atoms with Crippen molar-refractivity contribution in [3.63, 3.8) is 0 Å². The van der Waals surface area contributed by atoms with Crippen molar-refractivity contribution in [3.8, 4) is 0 Å². The summed E-state index contributed by atoms with van der Waals surface area (Å²) in [7, 11) is -3.09. The van der Waals surface area contributed by atoms with Crippen LogP contribution in [0.5, 0.6) is 0 Å². The second-order valence-electron chi connectivity index (χ2n) is 4.71. The normalized spacial score (nSPS) is 14.8. The first-order chi connectivity index (χ1) is 7.06. The predicted molar refractivity (Wildman–Crippen MR) is 67.7 cm³/mol. The van der Waals surface area contributed by atoms with Crippen LogP contribution in [-0.4, -0.2) is 41.0 Å². The summed E-state index contributed by atoms with van der Waals surface area (Å²) in [6.45, 7) is 6.82. The Morgan fingerprint density at radius 1 is 1.38 bits per heavy atom. The third-order valence-corrected chi connectivity index (χ3v) is 6.19. The highest BCUT2D eigenvalue weighted by molar-refractivity contribution is 8.01. The zero-order valence-electron chi connectivity index (χ0n) is 10.2. The van der Waals surface area contributed by atoms with Gasteiger partial charge in [0.2, 0.25) is 0 Å². The van der Waals surface area contributed by atoms with Crippen LogP contribution in [0, 0.1) is 0 Å². The van der Waals surface area contributed by atoms with Gasteiger partial charge in [-0.1, -0.05) is 6.92 Å². The van der Waals surface area contributed by atoms with Gasteiger partial charge < -0.3 is 5.11 Å². The van der Waals surface area contributed by atoms with E-state index in [-0.39, 0.29) is 17.4 Å². The number of carboxylic acids is 1. The topological polar surface area (TPSA) is 71.4 Å². The molecule has 96 valence electrons. The third-order valence-electron chi connectivity index (χ3n) is 2.15. The van der Waals surface area contributed by atoms with E-state index in [0.29, 0.717) is 5.75 Å². The Bertz CT molecular complexity index is 327. The molecule has 1 N–H and O–H groups in total. The second kappa shape index (κ2) is 5.91. The van der Waals surface area contributed by atoms with Gasteiger partial charge in [0, 0.05) is 11.0 Å². The quantitative estimate of drug-likeness (QED) is 0.795. The molecular formula is C10H20O4S2. The van der Waals surface area contributed by atoms with Gasteiger partial charge in [-0.3, -0.25) is 4.79 Å². The molecule has 6 heteroatoms. The number of hydrogen-bond acceptors (Lipinski definition) is 4. The highest BCUT2D eigenvalue weighted by atomic mass is 32.2. The first-order valence-corrected chi connectivity index (χ1v) is 7.82. The molecule has 0 aromatic carbocycles. The molecule has 0 amide bonds. The van der Waals surface area contributed by atoms with Gasteiger partial charge in [0.15, 0.2) is 9.84 Å². The van der Waals surface area contributed by atoms with Crippen molar-refractivity contribution < 1.29 is 18.3 Å². The number of rotatable bonds is 6. The van der Waals surface area contributed by atoms with Crippen molar-refractivity contribution in [1.29, 1.82) is 0 Å². The monoisotopic (exact) mass is 268 g/mol. The highest BCUT2D eigenvalue weighted by Crippen LogP contribution is 2.20. The molecule has 4 nitrogen and oxygen atoms in total. The Balaban J connectivity index is 4.05. The summed E-state index contributed by atoms with van der Waals surface area (Å²) in [6, 6.07) is 0. The molecule has 0 spiro atoms. The van der Waals surface area contributed by atoms with Crippen molar-refractivity contribution in [2.75, 3.05) is 11.5 Å². The summed E-state index contributed by atoms with van der Waals surface area (Å²) in [5.74, 6) is -0.294. The van der Waals surface area contributed by atoms with Crippen molar-refractivity contribution in [3.05, 3.63) is 0 Å². The Kier molecular flexibility index (Phi) is 5.82. The summed E-state index contributed by atoms with van der Waals surface area (Å²) in [5, 5.41) is 8.49. The highest BCUT2D eigenvalue weighted by Gasteiger charge is 2.28. The maximum Gasteiger partial charge on any atom is 0.304 e. The average molecular weight is 268 g/mol. The van der Waals surface area contributed by atoms with Crippen molar-refractivity contribution in [1.82, 2.24) is 0 Å². The maximum atomic E-state index is 11.7. The number of sulfone groups is 1. The zero-order chi connectivity index (χ0) is 13.0. The third kappa shape index (κ3) is 5.75. The van der Waals surface area contributed by atoms with Gasteiger partial charge in [0.25, 0.3) is 0 Å². The molecule has 0 fully saturated rings. The van der Waals surface area contributed by atoms with Gasteiger partial charge in [0.05, 0.1) is 16.9 Å². The van der Waals surface area contributed by atoms with Crippen molar-refractivity contribution in [2.45, 2.75) is 44.1 Å². The van der Waals surface area contributed by atoms with Crippen LogP contribution in [0.15, 0.2) is 0 Å². The van der Waals surface area contributed by atoms with E-state index in [1.807, 2.05) is 0 Å². The summed E-state index contributed by atoms with van der Waals surface area (Å²) >= 11 is 1.39. The van der Waals surface area contributed by atoms with Gasteiger partial charge in [-0.15, -0.1) is 0 Å². The molecule has 0 aromatic heterocycles. The molecule has 0 bridgehead atoms. The molecule has 0 aliphatic carbocycles. The van der Waals surface area contributed by atoms with E-state index in [1.54, 1.807) is 27.7 Å². The summed E-state index contributed by atoms with van der Waals surface area (Å²) in [6.07, 6.45) is 0.0697. The number of thioether (sulfide) groups is 1. The van der Waals surface area contributed by atoms with Crippen LogP contribution in [0.2, 0.25) is 0 Å². The van der Waals surface area contributed by atoms with Crippen LogP contribution < -0.4 is 0 Å². The second-order valence-corrected chi connectivity index (χ2v) is 9.12. The summed E-state index contributed by atoms with van der Waals surface area (Å²) in [4.78, 5) is 10.4. The van der Waals surface area contributed by atoms with Crippen LogP contribution in [0.4, 0.5) is 0 Å². The van der Waals surface area contributed by atoms with E-state index >= 15 is 0 Å².